The van der Waals surface area contributed by atoms with Crippen molar-refractivity contribution in [2.75, 3.05) is 6.54 Å². The van der Waals surface area contributed by atoms with E-state index < -0.39 is 0 Å². The monoisotopic (exact) mass is 404 g/mol. The van der Waals surface area contributed by atoms with Gasteiger partial charge in [-0.1, -0.05) is 36.4 Å². The summed E-state index contributed by atoms with van der Waals surface area (Å²) in [7, 11) is 0. The van der Waals surface area contributed by atoms with Gasteiger partial charge in [0.05, 0.1) is 12.1 Å². The topological polar surface area (TPSA) is 68.9 Å². The van der Waals surface area contributed by atoms with Crippen LogP contribution in [0.5, 0.6) is 0 Å². The van der Waals surface area contributed by atoms with Crippen LogP contribution in [-0.2, 0) is 17.9 Å². The Balaban J connectivity index is 1.49. The maximum Gasteiger partial charge on any atom is 0.330 e. The predicted octanol–water partition coefficient (Wildman–Crippen LogP) is 3.14. The first-order valence-electron chi connectivity index (χ1n) is 9.30. The summed E-state index contributed by atoms with van der Waals surface area (Å²) >= 11 is 1.57. The SMILES string of the molecule is O=C(/C=C/c1cccs1)NCCn1c(=O)n(Cc2ccccc2)c2cccnc21. The van der Waals surface area contributed by atoms with Crippen LogP contribution in [0.2, 0.25) is 0 Å². The van der Waals surface area contributed by atoms with Gasteiger partial charge in [0.15, 0.2) is 5.65 Å². The third-order valence-electron chi connectivity index (χ3n) is 4.53. The average Bonchev–Trinajstić information content (AvgIpc) is 3.36. The van der Waals surface area contributed by atoms with Crippen molar-refractivity contribution >= 4 is 34.5 Å². The Morgan fingerprint density at radius 1 is 1.07 bits per heavy atom. The number of fused-ring (bicyclic) bond motifs is 1. The van der Waals surface area contributed by atoms with Crippen molar-refractivity contribution in [2.24, 2.45) is 0 Å². The molecule has 0 radical (unpaired) electrons. The highest BCUT2D eigenvalue weighted by Gasteiger charge is 2.14. The van der Waals surface area contributed by atoms with E-state index >= 15 is 0 Å². The van der Waals surface area contributed by atoms with Crippen LogP contribution in [-0.4, -0.2) is 26.6 Å². The van der Waals surface area contributed by atoms with Gasteiger partial charge in [-0.3, -0.25) is 13.9 Å². The summed E-state index contributed by atoms with van der Waals surface area (Å²) < 4.78 is 3.33. The molecule has 0 aliphatic carbocycles. The van der Waals surface area contributed by atoms with Crippen LogP contribution in [0.3, 0.4) is 0 Å². The molecule has 1 amide bonds. The highest BCUT2D eigenvalue weighted by atomic mass is 32.1. The van der Waals surface area contributed by atoms with Gasteiger partial charge in [0.1, 0.15) is 0 Å². The Labute approximate surface area is 171 Å². The van der Waals surface area contributed by atoms with Crippen molar-refractivity contribution in [1.82, 2.24) is 19.4 Å². The molecule has 0 bridgehead atoms. The van der Waals surface area contributed by atoms with Crippen molar-refractivity contribution in [2.45, 2.75) is 13.1 Å². The number of carbonyl (C=O) groups is 1. The van der Waals surface area contributed by atoms with Crippen LogP contribution in [0.15, 0.2) is 77.0 Å². The first kappa shape index (κ1) is 18.9. The Morgan fingerprint density at radius 3 is 2.72 bits per heavy atom. The van der Waals surface area contributed by atoms with E-state index in [1.54, 1.807) is 32.7 Å². The number of rotatable bonds is 7. The zero-order valence-electron chi connectivity index (χ0n) is 15.7. The molecule has 146 valence electrons. The van der Waals surface area contributed by atoms with Gasteiger partial charge in [0, 0.05) is 30.2 Å². The fourth-order valence-corrected chi connectivity index (χ4v) is 3.78. The van der Waals surface area contributed by atoms with Crippen molar-refractivity contribution < 1.29 is 4.79 Å². The molecule has 0 unspecified atom stereocenters. The number of carbonyl (C=O) groups excluding carboxylic acids is 1. The molecule has 1 N–H and O–H groups in total. The minimum Gasteiger partial charge on any atom is -0.351 e. The Hall–Kier alpha value is -3.45. The number of thiophene rings is 1. The second-order valence-corrected chi connectivity index (χ2v) is 7.47. The molecule has 0 aliphatic rings. The van der Waals surface area contributed by atoms with Gasteiger partial charge in [0.2, 0.25) is 5.91 Å². The van der Waals surface area contributed by atoms with Crippen molar-refractivity contribution in [3.63, 3.8) is 0 Å². The maximum absolute atomic E-state index is 13.0. The van der Waals surface area contributed by atoms with Crippen LogP contribution in [0.1, 0.15) is 10.4 Å². The summed E-state index contributed by atoms with van der Waals surface area (Å²) in [6.07, 6.45) is 4.96. The van der Waals surface area contributed by atoms with Gasteiger partial charge in [0.25, 0.3) is 0 Å². The van der Waals surface area contributed by atoms with E-state index in [0.717, 1.165) is 16.0 Å². The van der Waals surface area contributed by atoms with Gasteiger partial charge < -0.3 is 5.32 Å². The molecule has 1 aromatic carbocycles. The summed E-state index contributed by atoms with van der Waals surface area (Å²) in [4.78, 5) is 30.4. The largest absolute Gasteiger partial charge is 0.351 e. The molecular formula is C22H20N4O2S. The van der Waals surface area contributed by atoms with Gasteiger partial charge in [-0.05, 0) is 35.2 Å². The molecule has 0 saturated carbocycles. The number of imidazole rings is 1. The number of hydrogen-bond donors (Lipinski definition) is 1. The summed E-state index contributed by atoms with van der Waals surface area (Å²) in [5.74, 6) is -0.188. The third-order valence-corrected chi connectivity index (χ3v) is 5.37. The van der Waals surface area contributed by atoms with Gasteiger partial charge in [-0.15, -0.1) is 11.3 Å². The van der Waals surface area contributed by atoms with Crippen LogP contribution in [0.4, 0.5) is 0 Å². The second kappa shape index (κ2) is 8.70. The lowest BCUT2D eigenvalue weighted by Gasteiger charge is -2.04. The van der Waals surface area contributed by atoms with E-state index in [1.807, 2.05) is 60.0 Å². The molecule has 4 aromatic rings. The molecule has 0 spiro atoms. The molecular weight excluding hydrogens is 384 g/mol. The van der Waals surface area contributed by atoms with Crippen LogP contribution >= 0.6 is 11.3 Å². The van der Waals surface area contributed by atoms with Crippen LogP contribution < -0.4 is 11.0 Å². The summed E-state index contributed by atoms with van der Waals surface area (Å²) in [6, 6.07) is 17.4. The smallest absolute Gasteiger partial charge is 0.330 e. The Bertz CT molecular complexity index is 1190. The number of amides is 1. The lowest BCUT2D eigenvalue weighted by atomic mass is 10.2. The summed E-state index contributed by atoms with van der Waals surface area (Å²) in [6.45, 7) is 1.17. The third kappa shape index (κ3) is 4.35. The van der Waals surface area contributed by atoms with Crippen molar-refractivity contribution in [3.05, 3.63) is 93.2 Å². The van der Waals surface area contributed by atoms with E-state index in [-0.39, 0.29) is 11.6 Å². The Kier molecular flexibility index (Phi) is 5.67. The molecule has 6 nitrogen and oxygen atoms in total. The standard InChI is InChI=1S/C22H20N4O2S/c27-20(11-10-18-8-5-15-29-18)23-13-14-25-21-19(9-4-12-24-21)26(22(25)28)16-17-6-2-1-3-7-17/h1-12,15H,13-14,16H2,(H,23,27)/b11-10+. The molecule has 0 aliphatic heterocycles. The zero-order valence-corrected chi connectivity index (χ0v) is 16.5. The number of nitrogens with zero attached hydrogens (tertiary/aromatic N) is 3. The van der Waals surface area contributed by atoms with Gasteiger partial charge >= 0.3 is 5.69 Å². The van der Waals surface area contributed by atoms with Gasteiger partial charge in [-0.25, -0.2) is 9.78 Å². The predicted molar refractivity (Wildman–Crippen MR) is 116 cm³/mol. The molecule has 0 atom stereocenters. The quantitative estimate of drug-likeness (QED) is 0.481. The lowest BCUT2D eigenvalue weighted by molar-refractivity contribution is -0.116. The number of nitrogens with one attached hydrogen (secondary N) is 1. The van der Waals surface area contributed by atoms with E-state index in [9.17, 15) is 9.59 Å². The second-order valence-electron chi connectivity index (χ2n) is 6.49. The summed E-state index contributed by atoms with van der Waals surface area (Å²) in [5, 5.41) is 4.79. The zero-order chi connectivity index (χ0) is 20.1. The molecule has 3 heterocycles. The Morgan fingerprint density at radius 2 is 1.93 bits per heavy atom. The fourth-order valence-electron chi connectivity index (χ4n) is 3.16. The van der Waals surface area contributed by atoms with Crippen molar-refractivity contribution in [1.29, 1.82) is 0 Å². The molecule has 3 aromatic heterocycles. The number of hydrogen-bond acceptors (Lipinski definition) is 4. The lowest BCUT2D eigenvalue weighted by Crippen LogP contribution is -2.31. The summed E-state index contributed by atoms with van der Waals surface area (Å²) in [5.41, 5.74) is 2.32. The van der Waals surface area contributed by atoms with E-state index in [1.165, 1.54) is 6.08 Å². The molecule has 7 heteroatoms. The van der Waals surface area contributed by atoms with E-state index in [4.69, 9.17) is 0 Å². The van der Waals surface area contributed by atoms with Gasteiger partial charge in [-0.2, -0.15) is 0 Å². The molecule has 0 saturated heterocycles. The molecule has 29 heavy (non-hydrogen) atoms. The fraction of sp³-hybridized carbons (Fsp3) is 0.136. The van der Waals surface area contributed by atoms with E-state index in [2.05, 4.69) is 10.3 Å². The normalized spacial score (nSPS) is 11.3. The highest BCUT2D eigenvalue weighted by molar-refractivity contribution is 7.10. The first-order chi connectivity index (χ1) is 14.2. The van der Waals surface area contributed by atoms with Crippen LogP contribution in [0, 0.1) is 0 Å². The van der Waals surface area contributed by atoms with Crippen LogP contribution in [0.25, 0.3) is 17.2 Å². The minimum absolute atomic E-state index is 0.133. The van der Waals surface area contributed by atoms with E-state index in [0.29, 0.717) is 25.3 Å². The van der Waals surface area contributed by atoms with Crippen molar-refractivity contribution in [3.8, 4) is 0 Å². The maximum atomic E-state index is 13.0. The molecule has 0 fully saturated rings. The average molecular weight is 404 g/mol. The highest BCUT2D eigenvalue weighted by Crippen LogP contribution is 2.12. The minimum atomic E-state index is -0.188. The number of aromatic nitrogens is 3. The molecule has 4 rings (SSSR count). The number of pyridine rings is 1. The number of benzene rings is 1. The first-order valence-corrected chi connectivity index (χ1v) is 10.2.